The van der Waals surface area contributed by atoms with Gasteiger partial charge in [-0.25, -0.2) is 9.18 Å². The molecule has 0 aromatic heterocycles. The second-order valence-corrected chi connectivity index (χ2v) is 7.44. The summed E-state index contributed by atoms with van der Waals surface area (Å²) in [6, 6.07) is 6.06. The summed E-state index contributed by atoms with van der Waals surface area (Å²) in [5.74, 6) is 0.183. The fourth-order valence-electron chi connectivity index (χ4n) is 3.45. The zero-order chi connectivity index (χ0) is 18.4. The third-order valence-corrected chi connectivity index (χ3v) is 4.85. The molecule has 0 radical (unpaired) electrons. The van der Waals surface area contributed by atoms with Gasteiger partial charge in [0.2, 0.25) is 0 Å². The number of nitrogens with one attached hydrogen (secondary N) is 1. The lowest BCUT2D eigenvalue weighted by atomic mass is 9.84. The molecule has 2 rings (SSSR count). The Labute approximate surface area is 149 Å². The number of hydrogen-bond donors (Lipinski definition) is 2. The molecular formula is C19H29FN2O3. The van der Waals surface area contributed by atoms with Gasteiger partial charge in [0.15, 0.2) is 0 Å². The Morgan fingerprint density at radius 1 is 1.44 bits per heavy atom. The SMILES string of the molecule is COC(=O)N1CCC(CC(C)(C)NC[C@H](O)c2cccc(F)c2)CC1. The summed E-state index contributed by atoms with van der Waals surface area (Å²) in [6.45, 7) is 6.03. The zero-order valence-corrected chi connectivity index (χ0v) is 15.3. The maximum absolute atomic E-state index is 13.3. The Morgan fingerprint density at radius 2 is 2.12 bits per heavy atom. The molecule has 1 fully saturated rings. The molecule has 1 aromatic rings. The highest BCUT2D eigenvalue weighted by molar-refractivity contribution is 5.67. The number of hydrogen-bond acceptors (Lipinski definition) is 4. The molecule has 0 saturated carbocycles. The number of ether oxygens (including phenoxy) is 1. The number of nitrogens with zero attached hydrogens (tertiary/aromatic N) is 1. The molecule has 0 unspecified atom stereocenters. The monoisotopic (exact) mass is 352 g/mol. The van der Waals surface area contributed by atoms with Crippen LogP contribution in [0.5, 0.6) is 0 Å². The van der Waals surface area contributed by atoms with Crippen molar-refractivity contribution in [3.63, 3.8) is 0 Å². The first-order valence-corrected chi connectivity index (χ1v) is 8.82. The van der Waals surface area contributed by atoms with Crippen LogP contribution in [0.25, 0.3) is 0 Å². The molecule has 1 aromatic carbocycles. The van der Waals surface area contributed by atoms with Gasteiger partial charge < -0.3 is 20.1 Å². The van der Waals surface area contributed by atoms with Gasteiger partial charge in [0.1, 0.15) is 5.82 Å². The van der Waals surface area contributed by atoms with E-state index in [0.29, 0.717) is 18.0 Å². The number of likely N-dealkylation sites (tertiary alicyclic amines) is 1. The Hall–Kier alpha value is -1.66. The predicted molar refractivity (Wildman–Crippen MR) is 94.8 cm³/mol. The number of methoxy groups -OCH3 is 1. The largest absolute Gasteiger partial charge is 0.453 e. The minimum Gasteiger partial charge on any atom is -0.453 e. The van der Waals surface area contributed by atoms with Crippen LogP contribution in [0.4, 0.5) is 9.18 Å². The normalized spacial score (nSPS) is 17.4. The average molecular weight is 352 g/mol. The minimum absolute atomic E-state index is 0.146. The molecule has 2 N–H and O–H groups in total. The van der Waals surface area contributed by atoms with Crippen molar-refractivity contribution >= 4 is 6.09 Å². The van der Waals surface area contributed by atoms with Gasteiger partial charge in [-0.05, 0) is 56.7 Å². The molecule has 0 aliphatic carbocycles. The van der Waals surface area contributed by atoms with Crippen LogP contribution in [0, 0.1) is 11.7 Å². The molecule has 1 heterocycles. The van der Waals surface area contributed by atoms with Crippen molar-refractivity contribution in [3.05, 3.63) is 35.6 Å². The molecule has 1 saturated heterocycles. The van der Waals surface area contributed by atoms with Crippen LogP contribution in [0.2, 0.25) is 0 Å². The standard InChI is InChI=1S/C19H29FN2O3/c1-19(2,12-14-7-9-22(10-8-14)18(24)25-3)21-13-17(23)15-5-4-6-16(20)11-15/h4-6,11,14,17,21,23H,7-10,12-13H2,1-3H3/t17-/m0/s1. The van der Waals surface area contributed by atoms with E-state index in [1.165, 1.54) is 19.2 Å². The summed E-state index contributed by atoms with van der Waals surface area (Å²) in [7, 11) is 1.41. The van der Waals surface area contributed by atoms with Crippen LogP contribution in [-0.2, 0) is 4.74 Å². The third kappa shape index (κ3) is 5.97. The molecule has 6 heteroatoms. The Morgan fingerprint density at radius 3 is 2.72 bits per heavy atom. The van der Waals surface area contributed by atoms with E-state index in [9.17, 15) is 14.3 Å². The molecule has 1 atom stereocenters. The first-order valence-electron chi connectivity index (χ1n) is 8.82. The van der Waals surface area contributed by atoms with Crippen molar-refractivity contribution in [1.29, 1.82) is 0 Å². The van der Waals surface area contributed by atoms with Crippen LogP contribution >= 0.6 is 0 Å². The van der Waals surface area contributed by atoms with Crippen molar-refractivity contribution in [3.8, 4) is 0 Å². The van der Waals surface area contributed by atoms with E-state index in [-0.39, 0.29) is 17.4 Å². The first-order chi connectivity index (χ1) is 11.8. The van der Waals surface area contributed by atoms with E-state index < -0.39 is 6.10 Å². The van der Waals surface area contributed by atoms with Gasteiger partial charge in [0.25, 0.3) is 0 Å². The van der Waals surface area contributed by atoms with E-state index in [0.717, 1.165) is 32.4 Å². The number of β-amino-alcohol motifs (C(OH)–C–C–N with tert-alkyl or cyclic N) is 1. The lowest BCUT2D eigenvalue weighted by Crippen LogP contribution is -2.45. The van der Waals surface area contributed by atoms with Crippen molar-refractivity contribution in [2.24, 2.45) is 5.92 Å². The van der Waals surface area contributed by atoms with Crippen LogP contribution < -0.4 is 5.32 Å². The number of carbonyl (C=O) groups excluding carboxylic acids is 1. The predicted octanol–water partition coefficient (Wildman–Crippen LogP) is 3.10. The van der Waals surface area contributed by atoms with Gasteiger partial charge in [0.05, 0.1) is 13.2 Å². The van der Waals surface area contributed by atoms with Crippen molar-refractivity contribution in [2.75, 3.05) is 26.7 Å². The van der Waals surface area contributed by atoms with E-state index in [4.69, 9.17) is 4.74 Å². The van der Waals surface area contributed by atoms with E-state index in [2.05, 4.69) is 19.2 Å². The molecule has 1 aliphatic rings. The van der Waals surface area contributed by atoms with Crippen molar-refractivity contribution in [2.45, 2.75) is 44.8 Å². The second-order valence-electron chi connectivity index (χ2n) is 7.44. The summed E-state index contributed by atoms with van der Waals surface area (Å²) in [5.41, 5.74) is 0.432. The summed E-state index contributed by atoms with van der Waals surface area (Å²) in [6.07, 6.45) is 1.86. The van der Waals surface area contributed by atoms with Crippen LogP contribution in [-0.4, -0.2) is 48.4 Å². The van der Waals surface area contributed by atoms with Gasteiger partial charge >= 0.3 is 6.09 Å². The fraction of sp³-hybridized carbons (Fsp3) is 0.632. The highest BCUT2D eigenvalue weighted by Gasteiger charge is 2.28. The topological polar surface area (TPSA) is 61.8 Å². The summed E-state index contributed by atoms with van der Waals surface area (Å²) >= 11 is 0. The minimum atomic E-state index is -0.740. The van der Waals surface area contributed by atoms with E-state index in [1.807, 2.05) is 0 Å². The molecule has 0 bridgehead atoms. The van der Waals surface area contributed by atoms with Crippen LogP contribution in [0.3, 0.4) is 0 Å². The number of amides is 1. The number of rotatable bonds is 6. The lowest BCUT2D eigenvalue weighted by molar-refractivity contribution is 0.0985. The number of halogens is 1. The molecule has 25 heavy (non-hydrogen) atoms. The summed E-state index contributed by atoms with van der Waals surface area (Å²) in [4.78, 5) is 13.3. The number of carbonyl (C=O) groups is 1. The first kappa shape index (κ1) is 19.7. The van der Waals surface area contributed by atoms with E-state index >= 15 is 0 Å². The lowest BCUT2D eigenvalue weighted by Gasteiger charge is -2.36. The smallest absolute Gasteiger partial charge is 0.409 e. The molecule has 0 spiro atoms. The van der Waals surface area contributed by atoms with Crippen LogP contribution in [0.1, 0.15) is 44.8 Å². The average Bonchev–Trinajstić information content (AvgIpc) is 2.59. The second kappa shape index (κ2) is 8.63. The van der Waals surface area contributed by atoms with E-state index in [1.54, 1.807) is 17.0 Å². The van der Waals surface area contributed by atoms with Gasteiger partial charge in [0, 0.05) is 25.2 Å². The summed E-state index contributed by atoms with van der Waals surface area (Å²) in [5, 5.41) is 13.6. The summed E-state index contributed by atoms with van der Waals surface area (Å²) < 4.78 is 18.0. The number of aliphatic hydroxyl groups excluding tert-OH is 1. The Bertz CT molecular complexity index is 572. The fourth-order valence-corrected chi connectivity index (χ4v) is 3.45. The molecule has 5 nitrogen and oxygen atoms in total. The number of aliphatic hydroxyl groups is 1. The Balaban J connectivity index is 1.79. The third-order valence-electron chi connectivity index (χ3n) is 4.85. The maximum Gasteiger partial charge on any atom is 0.409 e. The number of piperidine rings is 1. The molecule has 140 valence electrons. The highest BCUT2D eigenvalue weighted by atomic mass is 19.1. The quantitative estimate of drug-likeness (QED) is 0.826. The Kier molecular flexibility index (Phi) is 6.79. The van der Waals surface area contributed by atoms with Crippen LogP contribution in [0.15, 0.2) is 24.3 Å². The zero-order valence-electron chi connectivity index (χ0n) is 15.3. The maximum atomic E-state index is 13.3. The van der Waals surface area contributed by atoms with Crippen molar-refractivity contribution < 1.29 is 19.0 Å². The van der Waals surface area contributed by atoms with Gasteiger partial charge in [-0.2, -0.15) is 0 Å². The van der Waals surface area contributed by atoms with Gasteiger partial charge in [-0.15, -0.1) is 0 Å². The molecular weight excluding hydrogens is 323 g/mol. The molecule has 1 amide bonds. The van der Waals surface area contributed by atoms with Crippen molar-refractivity contribution in [1.82, 2.24) is 10.2 Å². The van der Waals surface area contributed by atoms with Gasteiger partial charge in [-0.1, -0.05) is 12.1 Å². The highest BCUT2D eigenvalue weighted by Crippen LogP contribution is 2.27. The number of benzene rings is 1. The van der Waals surface area contributed by atoms with Gasteiger partial charge in [-0.3, -0.25) is 0 Å². The molecule has 1 aliphatic heterocycles.